The van der Waals surface area contributed by atoms with Crippen LogP contribution in [0.4, 0.5) is 0 Å². The van der Waals surface area contributed by atoms with Gasteiger partial charge in [0.2, 0.25) is 0 Å². The molecule has 0 bridgehead atoms. The second kappa shape index (κ2) is 5.57. The Labute approximate surface area is 121 Å². The molecule has 0 fully saturated rings. The molecule has 0 saturated carbocycles. The van der Waals surface area contributed by atoms with E-state index in [1.807, 2.05) is 6.07 Å². The summed E-state index contributed by atoms with van der Waals surface area (Å²) in [4.78, 5) is 9.03. The first kappa shape index (κ1) is 13.8. The minimum Gasteiger partial charge on any atom is -0.309 e. The van der Waals surface area contributed by atoms with Gasteiger partial charge in [-0.15, -0.1) is 11.6 Å². The second-order valence-corrected chi connectivity index (χ2v) is 6.19. The zero-order valence-corrected chi connectivity index (χ0v) is 13.2. The van der Waals surface area contributed by atoms with E-state index < -0.39 is 0 Å². The molecule has 2 rings (SSSR count). The molecule has 2 heterocycles. The maximum absolute atomic E-state index is 6.00. The van der Waals surface area contributed by atoms with Crippen LogP contribution in [0.25, 0.3) is 11.2 Å². The van der Waals surface area contributed by atoms with Gasteiger partial charge in [0.05, 0.1) is 5.88 Å². The molecule has 0 N–H and O–H groups in total. The molecule has 2 aromatic rings. The third kappa shape index (κ3) is 2.69. The van der Waals surface area contributed by atoms with Crippen molar-refractivity contribution < 1.29 is 0 Å². The Bertz CT molecular complexity index is 550. The second-order valence-electron chi connectivity index (χ2n) is 5.01. The Balaban J connectivity index is 2.53. The van der Waals surface area contributed by atoms with Crippen molar-refractivity contribution in [1.29, 1.82) is 0 Å². The van der Waals surface area contributed by atoms with Crippen molar-refractivity contribution in [3.8, 4) is 0 Å². The first-order chi connectivity index (χ1) is 8.52. The average molecular weight is 331 g/mol. The number of hydrogen-bond acceptors (Lipinski definition) is 2. The van der Waals surface area contributed by atoms with Gasteiger partial charge in [-0.05, 0) is 41.3 Å². The highest BCUT2D eigenvalue weighted by molar-refractivity contribution is 9.10. The lowest BCUT2D eigenvalue weighted by Gasteiger charge is -2.18. The van der Waals surface area contributed by atoms with Gasteiger partial charge in [0.1, 0.15) is 11.3 Å². The maximum atomic E-state index is 6.00. The van der Waals surface area contributed by atoms with E-state index in [-0.39, 0.29) is 0 Å². The molecule has 2 aromatic heterocycles. The highest BCUT2D eigenvalue weighted by Gasteiger charge is 2.17. The van der Waals surface area contributed by atoms with E-state index in [1.165, 1.54) is 0 Å². The number of hydrogen-bond donors (Lipinski definition) is 0. The number of halogens is 2. The fourth-order valence-electron chi connectivity index (χ4n) is 2.35. The summed E-state index contributed by atoms with van der Waals surface area (Å²) in [6.45, 7) is 6.64. The van der Waals surface area contributed by atoms with Crippen LogP contribution in [-0.2, 0) is 5.88 Å². The van der Waals surface area contributed by atoms with Gasteiger partial charge < -0.3 is 4.57 Å². The van der Waals surface area contributed by atoms with Crippen LogP contribution in [0.1, 0.15) is 39.1 Å². The Morgan fingerprint density at radius 3 is 2.72 bits per heavy atom. The predicted octanol–water partition coefficient (Wildman–Crippen LogP) is 4.54. The fourth-order valence-corrected chi connectivity index (χ4v) is 2.86. The quantitative estimate of drug-likeness (QED) is 0.771. The van der Waals surface area contributed by atoms with Crippen LogP contribution in [0.2, 0.25) is 0 Å². The smallest absolute Gasteiger partial charge is 0.160 e. The summed E-state index contributed by atoms with van der Waals surface area (Å²) >= 11 is 9.42. The van der Waals surface area contributed by atoms with Crippen molar-refractivity contribution in [3.63, 3.8) is 0 Å². The summed E-state index contributed by atoms with van der Waals surface area (Å²) in [6, 6.07) is 2.34. The normalized spacial score (nSPS) is 13.4. The highest BCUT2D eigenvalue weighted by atomic mass is 79.9. The first-order valence-electron chi connectivity index (χ1n) is 6.11. The molecule has 18 heavy (non-hydrogen) atoms. The summed E-state index contributed by atoms with van der Waals surface area (Å²) in [7, 11) is 0. The number of aromatic nitrogens is 3. The molecule has 0 aliphatic rings. The van der Waals surface area contributed by atoms with E-state index in [0.29, 0.717) is 17.8 Å². The number of pyridine rings is 1. The maximum Gasteiger partial charge on any atom is 0.160 e. The van der Waals surface area contributed by atoms with Crippen molar-refractivity contribution in [1.82, 2.24) is 14.5 Å². The minimum atomic E-state index is 0.359. The standard InChI is InChI=1S/C13H17BrClN3/c1-8(2)4-9(3)18-12(6-15)17-11-5-10(14)7-16-13(11)18/h5,7-9H,4,6H2,1-3H3. The van der Waals surface area contributed by atoms with Gasteiger partial charge >= 0.3 is 0 Å². The molecule has 3 nitrogen and oxygen atoms in total. The largest absolute Gasteiger partial charge is 0.309 e. The van der Waals surface area contributed by atoms with Crippen LogP contribution < -0.4 is 0 Å². The van der Waals surface area contributed by atoms with Crippen molar-refractivity contribution in [3.05, 3.63) is 22.6 Å². The van der Waals surface area contributed by atoms with Gasteiger partial charge in [-0.1, -0.05) is 13.8 Å². The number of alkyl halides is 1. The molecule has 0 spiro atoms. The minimum absolute atomic E-state index is 0.359. The summed E-state index contributed by atoms with van der Waals surface area (Å²) < 4.78 is 3.10. The van der Waals surface area contributed by atoms with E-state index in [0.717, 1.165) is 27.9 Å². The van der Waals surface area contributed by atoms with Crippen molar-refractivity contribution >= 4 is 38.7 Å². The van der Waals surface area contributed by atoms with Crippen LogP contribution in [-0.4, -0.2) is 14.5 Å². The van der Waals surface area contributed by atoms with Crippen molar-refractivity contribution in [2.45, 2.75) is 39.1 Å². The van der Waals surface area contributed by atoms with E-state index in [9.17, 15) is 0 Å². The average Bonchev–Trinajstić information content (AvgIpc) is 2.65. The molecule has 5 heteroatoms. The third-order valence-corrected chi connectivity index (χ3v) is 3.62. The third-order valence-electron chi connectivity index (χ3n) is 2.94. The van der Waals surface area contributed by atoms with Gasteiger partial charge in [0.15, 0.2) is 5.65 Å². The zero-order valence-electron chi connectivity index (χ0n) is 10.8. The van der Waals surface area contributed by atoms with Gasteiger partial charge in [-0.25, -0.2) is 9.97 Å². The molecule has 0 aliphatic heterocycles. The van der Waals surface area contributed by atoms with E-state index in [1.54, 1.807) is 6.20 Å². The lowest BCUT2D eigenvalue weighted by molar-refractivity contribution is 0.427. The summed E-state index contributed by atoms with van der Waals surface area (Å²) in [5.41, 5.74) is 1.82. The monoisotopic (exact) mass is 329 g/mol. The van der Waals surface area contributed by atoms with Gasteiger partial charge in [0.25, 0.3) is 0 Å². The molecule has 98 valence electrons. The van der Waals surface area contributed by atoms with Crippen LogP contribution in [0.5, 0.6) is 0 Å². The molecule has 1 unspecified atom stereocenters. The van der Waals surface area contributed by atoms with Gasteiger partial charge in [0, 0.05) is 16.7 Å². The number of rotatable bonds is 4. The first-order valence-corrected chi connectivity index (χ1v) is 7.44. The molecule has 0 aromatic carbocycles. The van der Waals surface area contributed by atoms with E-state index in [4.69, 9.17) is 11.6 Å². The summed E-state index contributed by atoms with van der Waals surface area (Å²) in [5, 5.41) is 0. The lowest BCUT2D eigenvalue weighted by Crippen LogP contribution is -2.11. The molecule has 1 atom stereocenters. The highest BCUT2D eigenvalue weighted by Crippen LogP contribution is 2.26. The van der Waals surface area contributed by atoms with Crippen molar-refractivity contribution in [2.75, 3.05) is 0 Å². The Hall–Kier alpha value is -0.610. The summed E-state index contributed by atoms with van der Waals surface area (Å²) in [5.74, 6) is 1.94. The predicted molar refractivity (Wildman–Crippen MR) is 79.0 cm³/mol. The Morgan fingerprint density at radius 2 is 2.11 bits per heavy atom. The number of fused-ring (bicyclic) bond motifs is 1. The van der Waals surface area contributed by atoms with Crippen LogP contribution >= 0.6 is 27.5 Å². The SMILES string of the molecule is CC(C)CC(C)n1c(CCl)nc2cc(Br)cnc21. The van der Waals surface area contributed by atoms with E-state index >= 15 is 0 Å². The fraction of sp³-hybridized carbons (Fsp3) is 0.538. The van der Waals surface area contributed by atoms with Crippen LogP contribution in [0.3, 0.4) is 0 Å². The molecule has 0 amide bonds. The zero-order chi connectivity index (χ0) is 13.3. The lowest BCUT2D eigenvalue weighted by atomic mass is 10.1. The van der Waals surface area contributed by atoms with Crippen molar-refractivity contribution in [2.24, 2.45) is 5.92 Å². The molecular formula is C13H17BrClN3. The topological polar surface area (TPSA) is 30.7 Å². The number of nitrogens with zero attached hydrogens (tertiary/aromatic N) is 3. The summed E-state index contributed by atoms with van der Waals surface area (Å²) in [6.07, 6.45) is 2.90. The molecular weight excluding hydrogens is 314 g/mol. The Morgan fingerprint density at radius 1 is 1.39 bits per heavy atom. The van der Waals surface area contributed by atoms with Gasteiger partial charge in [-0.2, -0.15) is 0 Å². The molecule has 0 saturated heterocycles. The molecule has 0 radical (unpaired) electrons. The van der Waals surface area contributed by atoms with Gasteiger partial charge in [-0.3, -0.25) is 0 Å². The van der Waals surface area contributed by atoms with Crippen LogP contribution in [0, 0.1) is 5.92 Å². The Kier molecular flexibility index (Phi) is 4.28. The van der Waals surface area contributed by atoms with E-state index in [2.05, 4.69) is 51.2 Å². The number of imidazole rings is 1. The van der Waals surface area contributed by atoms with Crippen LogP contribution in [0.15, 0.2) is 16.7 Å². The molecule has 0 aliphatic carbocycles.